The molecule has 0 aromatic carbocycles. The molecule has 0 aliphatic carbocycles. The topological polar surface area (TPSA) is 77.9 Å². The molecule has 1 heterocycles. The van der Waals surface area contributed by atoms with Crippen molar-refractivity contribution in [2.45, 2.75) is 25.5 Å². The summed E-state index contributed by atoms with van der Waals surface area (Å²) in [6.07, 6.45) is -0.718. The van der Waals surface area contributed by atoms with Crippen LogP contribution in [0.3, 0.4) is 0 Å². The summed E-state index contributed by atoms with van der Waals surface area (Å²) in [6.45, 7) is 1.70. The van der Waals surface area contributed by atoms with Gasteiger partial charge in [0.1, 0.15) is 0 Å². The summed E-state index contributed by atoms with van der Waals surface area (Å²) in [5.74, 6) is -0.622. The number of carbonyl (C=O) groups is 1. The number of carbonyl (C=O) groups excluding carboxylic acids is 1. The van der Waals surface area contributed by atoms with Gasteiger partial charge in [-0.3, -0.25) is 9.80 Å². The van der Waals surface area contributed by atoms with Crippen LogP contribution in [0.2, 0.25) is 0 Å². The van der Waals surface area contributed by atoms with E-state index < -0.39 is 22.0 Å². The number of amides is 1. The van der Waals surface area contributed by atoms with E-state index in [0.717, 1.165) is 0 Å². The first kappa shape index (κ1) is 13.4. The molecule has 0 spiro atoms. The van der Waals surface area contributed by atoms with Crippen LogP contribution in [0.25, 0.3) is 0 Å². The molecule has 0 radical (unpaired) electrons. The van der Waals surface area contributed by atoms with Crippen molar-refractivity contribution < 1.29 is 18.3 Å². The number of hydrazine groups is 1. The van der Waals surface area contributed by atoms with Crippen molar-refractivity contribution in [3.63, 3.8) is 0 Å². The molecule has 16 heavy (non-hydrogen) atoms. The molecule has 1 amide bonds. The molecule has 1 N–H and O–H groups in total. The van der Waals surface area contributed by atoms with Gasteiger partial charge in [-0.25, -0.2) is 13.4 Å². The number of aliphatic hydroxyl groups excluding tert-OH is 1. The third-order valence-corrected chi connectivity index (χ3v) is 4.30. The molecule has 6 nitrogen and oxygen atoms in total. The summed E-state index contributed by atoms with van der Waals surface area (Å²) in [5.41, 5.74) is 0. The van der Waals surface area contributed by atoms with Gasteiger partial charge >= 0.3 is 0 Å². The van der Waals surface area contributed by atoms with E-state index in [1.54, 1.807) is 21.0 Å². The van der Waals surface area contributed by atoms with Crippen LogP contribution in [0, 0.1) is 0 Å². The lowest BCUT2D eigenvalue weighted by Gasteiger charge is -2.35. The van der Waals surface area contributed by atoms with Gasteiger partial charge in [0, 0.05) is 20.5 Å². The fourth-order valence-corrected chi connectivity index (χ4v) is 3.67. The van der Waals surface area contributed by atoms with E-state index in [9.17, 15) is 18.3 Å². The van der Waals surface area contributed by atoms with Gasteiger partial charge in [0.2, 0.25) is 5.91 Å². The molecular weight excluding hydrogens is 232 g/mol. The normalized spacial score (nSPS) is 28.3. The van der Waals surface area contributed by atoms with Gasteiger partial charge in [0.15, 0.2) is 9.84 Å². The number of rotatable bonds is 3. The molecule has 7 heteroatoms. The van der Waals surface area contributed by atoms with E-state index in [-0.39, 0.29) is 23.8 Å². The zero-order valence-corrected chi connectivity index (χ0v) is 10.6. The second-order valence-electron chi connectivity index (χ2n) is 4.15. The lowest BCUT2D eigenvalue weighted by atomic mass is 10.2. The van der Waals surface area contributed by atoms with Crippen molar-refractivity contribution in [2.75, 3.05) is 25.6 Å². The Bertz CT molecular complexity index is 366. The van der Waals surface area contributed by atoms with Gasteiger partial charge in [-0.2, -0.15) is 0 Å². The maximum absolute atomic E-state index is 11.7. The summed E-state index contributed by atoms with van der Waals surface area (Å²) < 4.78 is 22.7. The summed E-state index contributed by atoms with van der Waals surface area (Å²) in [5, 5.41) is 12.5. The van der Waals surface area contributed by atoms with Gasteiger partial charge in [-0.15, -0.1) is 0 Å². The second kappa shape index (κ2) is 4.68. The molecule has 2 atom stereocenters. The summed E-state index contributed by atoms with van der Waals surface area (Å²) >= 11 is 0. The number of nitrogens with zero attached hydrogens (tertiary/aromatic N) is 2. The monoisotopic (exact) mass is 250 g/mol. The maximum Gasteiger partial charge on any atom is 0.236 e. The highest BCUT2D eigenvalue weighted by molar-refractivity contribution is 7.91. The molecule has 1 fully saturated rings. The van der Waals surface area contributed by atoms with Crippen LogP contribution in [0.4, 0.5) is 0 Å². The average Bonchev–Trinajstić information content (AvgIpc) is 2.39. The van der Waals surface area contributed by atoms with Gasteiger partial charge in [0.25, 0.3) is 0 Å². The van der Waals surface area contributed by atoms with Crippen LogP contribution >= 0.6 is 0 Å². The Kier molecular flexibility index (Phi) is 3.92. The van der Waals surface area contributed by atoms with Gasteiger partial charge < -0.3 is 5.11 Å². The van der Waals surface area contributed by atoms with E-state index in [1.807, 2.05) is 0 Å². The SMILES string of the molecule is CCC(=O)N([C@H]1CS(=O)(=O)C[C@H]1O)N(C)C. The second-order valence-corrected chi connectivity index (χ2v) is 6.30. The van der Waals surface area contributed by atoms with E-state index in [1.165, 1.54) is 10.0 Å². The summed E-state index contributed by atoms with van der Waals surface area (Å²) in [4.78, 5) is 11.7. The Hall–Kier alpha value is -0.660. The standard InChI is InChI=1S/C9H18N2O4S/c1-4-9(13)11(10(2)3)7-5-16(14,15)6-8(7)12/h7-8,12H,4-6H2,1-3H3/t7-,8+/m0/s1. The molecule has 0 saturated carbocycles. The van der Waals surface area contributed by atoms with Gasteiger partial charge in [-0.1, -0.05) is 6.92 Å². The highest BCUT2D eigenvalue weighted by Crippen LogP contribution is 2.19. The largest absolute Gasteiger partial charge is 0.390 e. The van der Waals surface area contributed by atoms with Gasteiger partial charge in [-0.05, 0) is 0 Å². The molecule has 1 saturated heterocycles. The van der Waals surface area contributed by atoms with E-state index in [2.05, 4.69) is 0 Å². The smallest absolute Gasteiger partial charge is 0.236 e. The fourth-order valence-electron chi connectivity index (χ4n) is 1.91. The van der Waals surface area contributed by atoms with Crippen LogP contribution in [0.15, 0.2) is 0 Å². The van der Waals surface area contributed by atoms with Crippen molar-refractivity contribution in [3.05, 3.63) is 0 Å². The predicted molar refractivity (Wildman–Crippen MR) is 59.3 cm³/mol. The van der Waals surface area contributed by atoms with Gasteiger partial charge in [0.05, 0.1) is 23.7 Å². The van der Waals surface area contributed by atoms with Crippen molar-refractivity contribution in [1.29, 1.82) is 0 Å². The Morgan fingerprint density at radius 3 is 2.25 bits per heavy atom. The molecule has 1 aliphatic heterocycles. The van der Waals surface area contributed by atoms with Crippen LogP contribution in [-0.4, -0.2) is 67.2 Å². The summed E-state index contributed by atoms with van der Waals surface area (Å²) in [6, 6.07) is -0.660. The zero-order chi connectivity index (χ0) is 12.5. The van der Waals surface area contributed by atoms with Crippen molar-refractivity contribution in [1.82, 2.24) is 10.0 Å². The number of aliphatic hydroxyl groups is 1. The molecule has 0 aromatic heterocycles. The van der Waals surface area contributed by atoms with Crippen LogP contribution < -0.4 is 0 Å². The first-order valence-corrected chi connectivity index (χ1v) is 6.98. The number of hydrogen-bond acceptors (Lipinski definition) is 5. The zero-order valence-electron chi connectivity index (χ0n) is 9.75. The number of hydrogen-bond donors (Lipinski definition) is 1. The first-order chi connectivity index (χ1) is 7.28. The highest BCUT2D eigenvalue weighted by Gasteiger charge is 2.42. The third kappa shape index (κ3) is 2.72. The molecule has 0 unspecified atom stereocenters. The minimum atomic E-state index is -3.24. The Balaban J connectivity index is 2.93. The Morgan fingerprint density at radius 2 is 1.94 bits per heavy atom. The quantitative estimate of drug-likeness (QED) is 0.641. The predicted octanol–water partition coefficient (Wildman–Crippen LogP) is -1.14. The maximum atomic E-state index is 11.7. The lowest BCUT2D eigenvalue weighted by molar-refractivity contribution is -0.152. The van der Waals surface area contributed by atoms with Crippen LogP contribution in [0.5, 0.6) is 0 Å². The fraction of sp³-hybridized carbons (Fsp3) is 0.889. The van der Waals surface area contributed by atoms with E-state index in [0.29, 0.717) is 0 Å². The van der Waals surface area contributed by atoms with Crippen molar-refractivity contribution >= 4 is 15.7 Å². The third-order valence-electron chi connectivity index (χ3n) is 2.60. The van der Waals surface area contributed by atoms with Crippen LogP contribution in [0.1, 0.15) is 13.3 Å². The first-order valence-electron chi connectivity index (χ1n) is 5.16. The molecule has 0 bridgehead atoms. The molecule has 1 rings (SSSR count). The minimum Gasteiger partial charge on any atom is -0.390 e. The van der Waals surface area contributed by atoms with Crippen molar-refractivity contribution in [2.24, 2.45) is 0 Å². The van der Waals surface area contributed by atoms with E-state index >= 15 is 0 Å². The molecule has 1 aliphatic rings. The van der Waals surface area contributed by atoms with Crippen molar-refractivity contribution in [3.8, 4) is 0 Å². The Labute approximate surface area is 95.7 Å². The molecule has 94 valence electrons. The van der Waals surface area contributed by atoms with E-state index in [4.69, 9.17) is 0 Å². The lowest BCUT2D eigenvalue weighted by Crippen LogP contribution is -2.53. The molecule has 0 aromatic rings. The Morgan fingerprint density at radius 1 is 1.38 bits per heavy atom. The van der Waals surface area contributed by atoms with Crippen LogP contribution in [-0.2, 0) is 14.6 Å². The molecular formula is C9H18N2O4S. The summed E-state index contributed by atoms with van der Waals surface area (Å²) in [7, 11) is 0.0804. The average molecular weight is 250 g/mol. The number of sulfone groups is 1. The minimum absolute atomic E-state index is 0.169. The highest BCUT2D eigenvalue weighted by atomic mass is 32.2.